The molecule has 5 aromatic rings. The van der Waals surface area contributed by atoms with Gasteiger partial charge in [-0.2, -0.15) is 0 Å². The summed E-state index contributed by atoms with van der Waals surface area (Å²) in [6.07, 6.45) is 3.26. The van der Waals surface area contributed by atoms with Gasteiger partial charge in [-0.05, 0) is 61.5 Å². The van der Waals surface area contributed by atoms with Gasteiger partial charge in [-0.3, -0.25) is 9.78 Å². The van der Waals surface area contributed by atoms with Crippen LogP contribution < -0.4 is 11.0 Å². The smallest absolute Gasteiger partial charge is 0.350 e. The van der Waals surface area contributed by atoms with Crippen LogP contribution in [0.5, 0.6) is 0 Å². The van der Waals surface area contributed by atoms with Crippen LogP contribution in [0.3, 0.4) is 0 Å². The van der Waals surface area contributed by atoms with Gasteiger partial charge in [0.1, 0.15) is 17.0 Å². The molecule has 0 saturated carbocycles. The predicted octanol–water partition coefficient (Wildman–Crippen LogP) is 3.05. The van der Waals surface area contributed by atoms with Crippen LogP contribution in [0, 0.1) is 20.8 Å². The third kappa shape index (κ3) is 3.57. The van der Waals surface area contributed by atoms with Crippen molar-refractivity contribution in [2.24, 2.45) is 0 Å². The normalized spacial score (nSPS) is 11.4. The van der Waals surface area contributed by atoms with Gasteiger partial charge in [0.25, 0.3) is 5.91 Å². The number of pyridine rings is 2. The van der Waals surface area contributed by atoms with Gasteiger partial charge in [-0.25, -0.2) is 13.9 Å². The van der Waals surface area contributed by atoms with Gasteiger partial charge in [0.15, 0.2) is 5.65 Å². The standard InChI is InChI=1S/C24H22N6O3/c1-14-4-5-18-13-15(2)22-27-29(24(32)30(22)19(18)12-14)11-10-26-23(31)20-16(3)33-28-21(20)17-6-8-25-9-7-17/h4-9,12-13H,10-11H2,1-3H3,(H,26,31). The molecule has 9 heteroatoms. The number of hydrogen-bond donors (Lipinski definition) is 1. The van der Waals surface area contributed by atoms with Gasteiger partial charge < -0.3 is 9.84 Å². The summed E-state index contributed by atoms with van der Waals surface area (Å²) in [7, 11) is 0. The van der Waals surface area contributed by atoms with Crippen molar-refractivity contribution in [2.75, 3.05) is 6.54 Å². The second-order valence-electron chi connectivity index (χ2n) is 8.01. The van der Waals surface area contributed by atoms with Crippen molar-refractivity contribution in [3.63, 3.8) is 0 Å². The van der Waals surface area contributed by atoms with Gasteiger partial charge in [0.05, 0.1) is 12.1 Å². The van der Waals surface area contributed by atoms with Crippen molar-refractivity contribution >= 4 is 22.5 Å². The molecule has 0 radical (unpaired) electrons. The van der Waals surface area contributed by atoms with Gasteiger partial charge in [-0.15, -0.1) is 5.10 Å². The Labute approximate surface area is 188 Å². The molecule has 166 valence electrons. The van der Waals surface area contributed by atoms with E-state index >= 15 is 0 Å². The molecule has 1 N–H and O–H groups in total. The maximum absolute atomic E-state index is 13.1. The van der Waals surface area contributed by atoms with E-state index in [2.05, 4.69) is 20.6 Å². The molecule has 5 rings (SSSR count). The second kappa shape index (κ2) is 8.01. The number of nitrogens with zero attached hydrogens (tertiary/aromatic N) is 5. The molecule has 0 unspecified atom stereocenters. The Morgan fingerprint density at radius 2 is 1.88 bits per heavy atom. The Kier molecular flexibility index (Phi) is 5.01. The molecule has 0 spiro atoms. The van der Waals surface area contributed by atoms with Crippen LogP contribution in [0.25, 0.3) is 27.8 Å². The largest absolute Gasteiger partial charge is 0.360 e. The SMILES string of the molecule is Cc1ccc2cc(C)c3nn(CCNC(=O)c4c(-c5ccncc5)noc4C)c(=O)n3c2c1. The minimum Gasteiger partial charge on any atom is -0.360 e. The first kappa shape index (κ1) is 20.6. The van der Waals surface area contributed by atoms with Crippen molar-refractivity contribution in [1.29, 1.82) is 0 Å². The maximum Gasteiger partial charge on any atom is 0.350 e. The molecule has 0 aliphatic carbocycles. The third-order valence-electron chi connectivity index (χ3n) is 5.64. The Bertz CT molecular complexity index is 1560. The number of amides is 1. The first-order chi connectivity index (χ1) is 15.9. The minimum absolute atomic E-state index is 0.221. The number of benzene rings is 1. The highest BCUT2D eigenvalue weighted by molar-refractivity contribution is 6.00. The van der Waals surface area contributed by atoms with E-state index < -0.39 is 0 Å². The summed E-state index contributed by atoms with van der Waals surface area (Å²) in [6.45, 7) is 6.06. The summed E-state index contributed by atoms with van der Waals surface area (Å²) in [6, 6.07) is 11.6. The molecular formula is C24H22N6O3. The molecule has 0 fully saturated rings. The highest BCUT2D eigenvalue weighted by Gasteiger charge is 2.21. The topological polar surface area (TPSA) is 107 Å². The molecule has 0 saturated heterocycles. The number of carbonyl (C=O) groups excluding carboxylic acids is 1. The highest BCUT2D eigenvalue weighted by Crippen LogP contribution is 2.24. The quantitative estimate of drug-likeness (QED) is 0.448. The fraction of sp³-hybridized carbons (Fsp3) is 0.208. The van der Waals surface area contributed by atoms with E-state index in [1.807, 2.05) is 38.1 Å². The predicted molar refractivity (Wildman–Crippen MR) is 123 cm³/mol. The van der Waals surface area contributed by atoms with E-state index in [0.29, 0.717) is 22.7 Å². The zero-order valence-electron chi connectivity index (χ0n) is 18.5. The number of nitrogens with one attached hydrogen (secondary N) is 1. The Morgan fingerprint density at radius 3 is 2.67 bits per heavy atom. The van der Waals surface area contributed by atoms with Crippen LogP contribution in [0.15, 0.2) is 58.1 Å². The zero-order valence-corrected chi connectivity index (χ0v) is 18.5. The Balaban J connectivity index is 1.40. The van der Waals surface area contributed by atoms with Crippen LogP contribution in [-0.2, 0) is 6.54 Å². The van der Waals surface area contributed by atoms with Crippen LogP contribution in [-0.4, -0.2) is 36.8 Å². The fourth-order valence-corrected chi connectivity index (χ4v) is 4.00. The summed E-state index contributed by atoms with van der Waals surface area (Å²) in [5.41, 5.74) is 4.72. The number of aromatic nitrogens is 5. The van der Waals surface area contributed by atoms with E-state index in [-0.39, 0.29) is 24.7 Å². The lowest BCUT2D eigenvalue weighted by Gasteiger charge is -2.05. The molecule has 9 nitrogen and oxygen atoms in total. The lowest BCUT2D eigenvalue weighted by Crippen LogP contribution is -2.31. The minimum atomic E-state index is -0.324. The average molecular weight is 442 g/mol. The Morgan fingerprint density at radius 1 is 1.09 bits per heavy atom. The lowest BCUT2D eigenvalue weighted by molar-refractivity contribution is 0.0951. The number of fused-ring (bicyclic) bond motifs is 3. The molecular weight excluding hydrogens is 420 g/mol. The maximum atomic E-state index is 13.1. The number of hydrogen-bond acceptors (Lipinski definition) is 6. The summed E-state index contributed by atoms with van der Waals surface area (Å²) < 4.78 is 8.27. The van der Waals surface area contributed by atoms with Gasteiger partial charge in [0.2, 0.25) is 0 Å². The third-order valence-corrected chi connectivity index (χ3v) is 5.64. The first-order valence-corrected chi connectivity index (χ1v) is 10.6. The van der Waals surface area contributed by atoms with E-state index in [1.54, 1.807) is 35.9 Å². The molecule has 1 amide bonds. The first-order valence-electron chi connectivity index (χ1n) is 10.6. The molecule has 33 heavy (non-hydrogen) atoms. The van der Waals surface area contributed by atoms with Crippen molar-refractivity contribution in [1.82, 2.24) is 29.6 Å². The van der Waals surface area contributed by atoms with E-state index in [4.69, 9.17) is 4.52 Å². The van der Waals surface area contributed by atoms with Crippen LogP contribution in [0.4, 0.5) is 0 Å². The average Bonchev–Trinajstić information content (AvgIpc) is 3.36. The number of rotatable bonds is 5. The summed E-state index contributed by atoms with van der Waals surface area (Å²) >= 11 is 0. The fourth-order valence-electron chi connectivity index (χ4n) is 4.00. The molecule has 0 atom stereocenters. The van der Waals surface area contributed by atoms with Crippen molar-refractivity contribution < 1.29 is 9.32 Å². The molecule has 0 aliphatic heterocycles. The van der Waals surface area contributed by atoms with Crippen LogP contribution in [0.2, 0.25) is 0 Å². The van der Waals surface area contributed by atoms with Gasteiger partial charge >= 0.3 is 5.69 Å². The molecule has 0 aliphatic rings. The zero-order chi connectivity index (χ0) is 23.1. The van der Waals surface area contributed by atoms with Crippen molar-refractivity contribution in [2.45, 2.75) is 27.3 Å². The van der Waals surface area contributed by atoms with E-state index in [9.17, 15) is 9.59 Å². The molecule has 1 aromatic carbocycles. The van der Waals surface area contributed by atoms with Crippen molar-refractivity contribution in [3.8, 4) is 11.3 Å². The summed E-state index contributed by atoms with van der Waals surface area (Å²) in [5.74, 6) is 0.0938. The highest BCUT2D eigenvalue weighted by atomic mass is 16.5. The molecule has 4 aromatic heterocycles. The van der Waals surface area contributed by atoms with Gasteiger partial charge in [0, 0.05) is 24.5 Å². The second-order valence-corrected chi connectivity index (χ2v) is 8.01. The summed E-state index contributed by atoms with van der Waals surface area (Å²) in [5, 5.41) is 12.4. The number of aryl methyl sites for hydroxylation is 3. The summed E-state index contributed by atoms with van der Waals surface area (Å²) in [4.78, 5) is 30.0. The lowest BCUT2D eigenvalue weighted by atomic mass is 10.1. The van der Waals surface area contributed by atoms with Crippen LogP contribution in [0.1, 0.15) is 27.2 Å². The molecule has 4 heterocycles. The van der Waals surface area contributed by atoms with Crippen LogP contribution >= 0.6 is 0 Å². The number of carbonyl (C=O) groups is 1. The Hall–Kier alpha value is -4.27. The van der Waals surface area contributed by atoms with Crippen molar-refractivity contribution in [3.05, 3.63) is 81.7 Å². The van der Waals surface area contributed by atoms with E-state index in [0.717, 1.165) is 27.6 Å². The molecule has 0 bridgehead atoms. The monoisotopic (exact) mass is 442 g/mol. The van der Waals surface area contributed by atoms with E-state index in [1.165, 1.54) is 4.68 Å². The van der Waals surface area contributed by atoms with Gasteiger partial charge in [-0.1, -0.05) is 17.3 Å².